The van der Waals surface area contributed by atoms with Crippen LogP contribution < -0.4 is 4.74 Å². The number of ether oxygens (including phenoxy) is 1. The van der Waals surface area contributed by atoms with E-state index in [2.05, 4.69) is 19.9 Å². The second-order valence-corrected chi connectivity index (χ2v) is 11.4. The number of fused-ring (bicyclic) bond motifs is 2. The third-order valence-electron chi connectivity index (χ3n) is 8.42. The van der Waals surface area contributed by atoms with Crippen LogP contribution in [0.15, 0.2) is 85.1 Å². The molecule has 3 aromatic heterocycles. The van der Waals surface area contributed by atoms with Crippen LogP contribution in [0.3, 0.4) is 0 Å². The number of amides is 1. The molecule has 1 amide bonds. The van der Waals surface area contributed by atoms with Crippen molar-refractivity contribution in [1.29, 1.82) is 0 Å². The number of imidazole rings is 2. The summed E-state index contributed by atoms with van der Waals surface area (Å²) >= 11 is 0. The van der Waals surface area contributed by atoms with Gasteiger partial charge < -0.3 is 19.2 Å². The number of nitrogens with one attached hydrogen (secondary N) is 1. The quantitative estimate of drug-likeness (QED) is 0.208. The molecule has 3 aromatic carbocycles. The predicted octanol–water partition coefficient (Wildman–Crippen LogP) is 6.23. The number of rotatable bonds is 7. The minimum atomic E-state index is -4.76. The number of methoxy groups -OCH3 is 1. The molecule has 9 nitrogen and oxygen atoms in total. The molecule has 0 unspecified atom stereocenters. The zero-order valence-electron chi connectivity index (χ0n) is 25.2. The summed E-state index contributed by atoms with van der Waals surface area (Å²) in [5, 5.41) is 0.887. The summed E-state index contributed by atoms with van der Waals surface area (Å²) in [6.07, 6.45) is -3.15. The average molecular weight is 644 g/mol. The molecule has 1 aliphatic rings. The first-order chi connectivity index (χ1) is 22.7. The number of hydrogen-bond acceptors (Lipinski definition) is 6. The molecule has 47 heavy (non-hydrogen) atoms. The van der Waals surface area contributed by atoms with Gasteiger partial charge in [0.2, 0.25) is 17.6 Å². The lowest BCUT2D eigenvalue weighted by molar-refractivity contribution is -0.148. The van der Waals surface area contributed by atoms with Gasteiger partial charge in [-0.05, 0) is 30.3 Å². The number of H-pyrrole nitrogens is 1. The van der Waals surface area contributed by atoms with E-state index < -0.39 is 30.5 Å². The van der Waals surface area contributed by atoms with E-state index in [1.807, 2.05) is 35.2 Å². The number of benzene rings is 3. The van der Waals surface area contributed by atoms with E-state index in [1.165, 1.54) is 30.2 Å². The van der Waals surface area contributed by atoms with E-state index in [0.717, 1.165) is 15.5 Å². The van der Waals surface area contributed by atoms with Crippen LogP contribution in [0.4, 0.5) is 17.6 Å². The van der Waals surface area contributed by atoms with Crippen LogP contribution >= 0.6 is 0 Å². The Hall–Kier alpha value is -5.30. The molecule has 0 aliphatic carbocycles. The summed E-state index contributed by atoms with van der Waals surface area (Å²) in [5.41, 5.74) is 2.85. The summed E-state index contributed by atoms with van der Waals surface area (Å²) in [6, 6.07) is 21.5. The van der Waals surface area contributed by atoms with Crippen LogP contribution in [-0.2, 0) is 24.1 Å². The Bertz CT molecular complexity index is 2090. The van der Waals surface area contributed by atoms with E-state index in [1.54, 1.807) is 36.5 Å². The van der Waals surface area contributed by atoms with Crippen molar-refractivity contribution in [2.24, 2.45) is 0 Å². The summed E-state index contributed by atoms with van der Waals surface area (Å²) in [6.45, 7) is 0.532. The Balaban J connectivity index is 1.24. The lowest BCUT2D eigenvalue weighted by Gasteiger charge is -2.40. The normalized spacial score (nSPS) is 15.9. The molecule has 6 aromatic rings. The van der Waals surface area contributed by atoms with Gasteiger partial charge in [0.25, 0.3) is 0 Å². The van der Waals surface area contributed by atoms with Crippen molar-refractivity contribution >= 4 is 27.8 Å². The number of nitrogens with zero attached hydrogens (tertiary/aromatic N) is 6. The first-order valence-electron chi connectivity index (χ1n) is 15.0. The van der Waals surface area contributed by atoms with Crippen molar-refractivity contribution in [2.45, 2.75) is 25.3 Å². The third kappa shape index (κ3) is 5.89. The number of hydrogen-bond donors (Lipinski definition) is 1. The molecule has 1 aliphatic heterocycles. The molecule has 1 atom stereocenters. The average Bonchev–Trinajstić information content (AvgIpc) is 3.71. The summed E-state index contributed by atoms with van der Waals surface area (Å²) in [5.74, 6) is -1.21. The van der Waals surface area contributed by atoms with Crippen LogP contribution in [0.2, 0.25) is 0 Å². The van der Waals surface area contributed by atoms with Crippen LogP contribution in [-0.4, -0.2) is 67.0 Å². The van der Waals surface area contributed by atoms with Gasteiger partial charge in [-0.25, -0.2) is 19.3 Å². The van der Waals surface area contributed by atoms with Crippen molar-refractivity contribution in [1.82, 2.24) is 34.3 Å². The van der Waals surface area contributed by atoms with Gasteiger partial charge in [0.05, 0.1) is 41.1 Å². The SMILES string of the molecule is COc1nc2ccccc2cc1-c1cnc([C@@H]2CN(Cc3ccccc3F)CCN2C(=O)Cn2c(C(F)(F)F)nc3ccccc32)[nH]1. The van der Waals surface area contributed by atoms with E-state index in [4.69, 9.17) is 4.74 Å². The molecule has 13 heteroatoms. The van der Waals surface area contributed by atoms with Gasteiger partial charge >= 0.3 is 6.18 Å². The first kappa shape index (κ1) is 30.4. The van der Waals surface area contributed by atoms with E-state index in [0.29, 0.717) is 35.1 Å². The number of aromatic nitrogens is 5. The van der Waals surface area contributed by atoms with Gasteiger partial charge in [-0.3, -0.25) is 9.69 Å². The number of piperazine rings is 1. The molecule has 0 bridgehead atoms. The van der Waals surface area contributed by atoms with Crippen LogP contribution in [0.5, 0.6) is 5.88 Å². The minimum Gasteiger partial charge on any atom is -0.480 e. The summed E-state index contributed by atoms with van der Waals surface area (Å²) in [7, 11) is 1.52. The van der Waals surface area contributed by atoms with Crippen LogP contribution in [0.25, 0.3) is 33.2 Å². The molecular formula is C34H29F4N7O2. The van der Waals surface area contributed by atoms with E-state index >= 15 is 0 Å². The number of carbonyl (C=O) groups is 1. The lowest BCUT2D eigenvalue weighted by atomic mass is 10.1. The van der Waals surface area contributed by atoms with Crippen LogP contribution in [0, 0.1) is 5.82 Å². The van der Waals surface area contributed by atoms with Gasteiger partial charge in [0, 0.05) is 37.1 Å². The highest BCUT2D eigenvalue weighted by Crippen LogP contribution is 2.35. The Labute approximate surface area is 266 Å². The zero-order valence-corrected chi connectivity index (χ0v) is 25.2. The third-order valence-corrected chi connectivity index (χ3v) is 8.42. The molecule has 240 valence electrons. The Morgan fingerprint density at radius 2 is 1.72 bits per heavy atom. The van der Waals surface area contributed by atoms with E-state index in [9.17, 15) is 22.4 Å². The fourth-order valence-electron chi connectivity index (χ4n) is 6.15. The molecule has 7 rings (SSSR count). The van der Waals surface area contributed by atoms with Crippen molar-refractivity contribution in [2.75, 3.05) is 26.7 Å². The standard InChI is InChI=1S/C34H29F4N7O2/c1-47-32-23(16-21-8-3-5-11-25(21)41-32)27-17-39-31(40-27)29-19-43(18-22-9-2-4-10-24(22)35)14-15-44(29)30(46)20-45-28-13-7-6-12-26(28)42-33(45)34(36,37)38/h2-13,16-17,29H,14-15,18-20H2,1H3,(H,39,40)/t29-/m0/s1. The summed E-state index contributed by atoms with van der Waals surface area (Å²) < 4.78 is 63.3. The second kappa shape index (κ2) is 12.1. The number of para-hydroxylation sites is 3. The fraction of sp³-hybridized carbons (Fsp3) is 0.235. The Morgan fingerprint density at radius 1 is 0.979 bits per heavy atom. The molecule has 1 saturated heterocycles. The van der Waals surface area contributed by atoms with Crippen molar-refractivity contribution in [3.8, 4) is 17.1 Å². The highest BCUT2D eigenvalue weighted by molar-refractivity contribution is 5.85. The Morgan fingerprint density at radius 3 is 2.51 bits per heavy atom. The summed E-state index contributed by atoms with van der Waals surface area (Å²) in [4.78, 5) is 33.9. The molecule has 4 heterocycles. The van der Waals surface area contributed by atoms with Gasteiger partial charge in [0.1, 0.15) is 24.2 Å². The van der Waals surface area contributed by atoms with Gasteiger partial charge in [-0.2, -0.15) is 13.2 Å². The Kier molecular flexibility index (Phi) is 7.84. The smallest absolute Gasteiger partial charge is 0.449 e. The topological polar surface area (TPSA) is 92.2 Å². The molecule has 1 fully saturated rings. The maximum Gasteiger partial charge on any atom is 0.449 e. The first-order valence-corrected chi connectivity index (χ1v) is 15.0. The van der Waals surface area contributed by atoms with E-state index in [-0.39, 0.29) is 36.5 Å². The number of halogens is 4. The van der Waals surface area contributed by atoms with Crippen molar-refractivity contribution < 1.29 is 27.1 Å². The maximum atomic E-state index is 14.6. The van der Waals surface area contributed by atoms with Crippen molar-refractivity contribution in [3.63, 3.8) is 0 Å². The fourth-order valence-corrected chi connectivity index (χ4v) is 6.15. The number of aromatic amines is 1. The number of alkyl halides is 3. The number of pyridine rings is 1. The molecule has 0 spiro atoms. The van der Waals surface area contributed by atoms with Gasteiger partial charge in [0.15, 0.2) is 0 Å². The zero-order chi connectivity index (χ0) is 32.7. The van der Waals surface area contributed by atoms with Crippen LogP contribution in [0.1, 0.15) is 23.3 Å². The maximum absolute atomic E-state index is 14.6. The molecule has 1 N–H and O–H groups in total. The predicted molar refractivity (Wildman–Crippen MR) is 167 cm³/mol. The highest BCUT2D eigenvalue weighted by atomic mass is 19.4. The molecular weight excluding hydrogens is 614 g/mol. The highest BCUT2D eigenvalue weighted by Gasteiger charge is 2.40. The largest absolute Gasteiger partial charge is 0.480 e. The number of carbonyl (C=O) groups excluding carboxylic acids is 1. The monoisotopic (exact) mass is 643 g/mol. The molecule has 0 radical (unpaired) electrons. The van der Waals surface area contributed by atoms with Gasteiger partial charge in [-0.1, -0.05) is 48.5 Å². The van der Waals surface area contributed by atoms with Crippen molar-refractivity contribution in [3.05, 3.63) is 108 Å². The second-order valence-electron chi connectivity index (χ2n) is 11.4. The van der Waals surface area contributed by atoms with Gasteiger partial charge in [-0.15, -0.1) is 0 Å². The lowest BCUT2D eigenvalue weighted by Crippen LogP contribution is -2.51. The molecule has 0 saturated carbocycles. The minimum absolute atomic E-state index is 0.146.